The molecule has 1 aromatic carbocycles. The van der Waals surface area contributed by atoms with Gasteiger partial charge >= 0.3 is 0 Å². The molecule has 2 aromatic rings. The van der Waals surface area contributed by atoms with E-state index < -0.39 is 0 Å². The van der Waals surface area contributed by atoms with Crippen molar-refractivity contribution in [3.8, 4) is 0 Å². The van der Waals surface area contributed by atoms with Crippen molar-refractivity contribution in [2.45, 2.75) is 32.0 Å². The SMILES string of the molecule is c1ccc(CN2CCC(NCCn3ccnc3)CC2)cc1. The van der Waals surface area contributed by atoms with E-state index in [2.05, 4.69) is 50.1 Å². The van der Waals surface area contributed by atoms with Crippen LogP contribution in [0.5, 0.6) is 0 Å². The van der Waals surface area contributed by atoms with Gasteiger partial charge in [-0.3, -0.25) is 4.90 Å². The zero-order chi connectivity index (χ0) is 14.3. The third-order valence-corrected chi connectivity index (χ3v) is 4.20. The number of aromatic nitrogens is 2. The van der Waals surface area contributed by atoms with Crippen molar-refractivity contribution in [3.63, 3.8) is 0 Å². The molecule has 1 aliphatic rings. The van der Waals surface area contributed by atoms with E-state index in [1.54, 1.807) is 0 Å². The maximum atomic E-state index is 4.07. The zero-order valence-corrected chi connectivity index (χ0v) is 12.5. The third-order valence-electron chi connectivity index (χ3n) is 4.20. The van der Waals surface area contributed by atoms with Gasteiger partial charge in [-0.05, 0) is 31.5 Å². The predicted octanol–water partition coefficient (Wildman–Crippen LogP) is 2.14. The molecule has 2 heterocycles. The van der Waals surface area contributed by atoms with Crippen molar-refractivity contribution in [3.05, 3.63) is 54.6 Å². The highest BCUT2D eigenvalue weighted by molar-refractivity contribution is 5.14. The molecule has 1 N–H and O–H groups in total. The lowest BCUT2D eigenvalue weighted by molar-refractivity contribution is 0.190. The molecule has 1 fully saturated rings. The Morgan fingerprint density at radius 2 is 1.95 bits per heavy atom. The smallest absolute Gasteiger partial charge is 0.0946 e. The number of piperidine rings is 1. The number of nitrogens with one attached hydrogen (secondary N) is 1. The molecule has 0 spiro atoms. The van der Waals surface area contributed by atoms with Crippen LogP contribution in [0.15, 0.2) is 49.1 Å². The van der Waals surface area contributed by atoms with E-state index in [0.717, 1.165) is 19.6 Å². The van der Waals surface area contributed by atoms with Crippen LogP contribution >= 0.6 is 0 Å². The number of hydrogen-bond donors (Lipinski definition) is 1. The Kier molecular flexibility index (Phi) is 5.03. The largest absolute Gasteiger partial charge is 0.336 e. The lowest BCUT2D eigenvalue weighted by atomic mass is 10.0. The van der Waals surface area contributed by atoms with Gasteiger partial charge in [0.2, 0.25) is 0 Å². The first-order valence-corrected chi connectivity index (χ1v) is 7.85. The Morgan fingerprint density at radius 3 is 2.67 bits per heavy atom. The molecular formula is C17H24N4. The molecule has 0 unspecified atom stereocenters. The molecule has 21 heavy (non-hydrogen) atoms. The molecule has 112 valence electrons. The fourth-order valence-electron chi connectivity index (χ4n) is 2.95. The minimum absolute atomic E-state index is 0.667. The first-order chi connectivity index (χ1) is 10.4. The van der Waals surface area contributed by atoms with Crippen molar-refractivity contribution < 1.29 is 0 Å². The highest BCUT2D eigenvalue weighted by Crippen LogP contribution is 2.13. The summed E-state index contributed by atoms with van der Waals surface area (Å²) in [7, 11) is 0. The van der Waals surface area contributed by atoms with Crippen LogP contribution in [0.1, 0.15) is 18.4 Å². The van der Waals surface area contributed by atoms with Crippen LogP contribution in [0, 0.1) is 0 Å². The maximum absolute atomic E-state index is 4.07. The second-order valence-corrected chi connectivity index (χ2v) is 5.79. The lowest BCUT2D eigenvalue weighted by Crippen LogP contribution is -2.42. The molecule has 0 amide bonds. The fraction of sp³-hybridized carbons (Fsp3) is 0.471. The zero-order valence-electron chi connectivity index (χ0n) is 12.5. The molecular weight excluding hydrogens is 260 g/mol. The van der Waals surface area contributed by atoms with Crippen LogP contribution in [0.25, 0.3) is 0 Å². The van der Waals surface area contributed by atoms with Crippen molar-refractivity contribution in [1.82, 2.24) is 19.8 Å². The fourth-order valence-corrected chi connectivity index (χ4v) is 2.95. The second kappa shape index (κ2) is 7.38. The first-order valence-electron chi connectivity index (χ1n) is 7.85. The Hall–Kier alpha value is -1.65. The summed E-state index contributed by atoms with van der Waals surface area (Å²) in [6.07, 6.45) is 8.23. The molecule has 1 aliphatic heterocycles. The lowest BCUT2D eigenvalue weighted by Gasteiger charge is -2.32. The molecule has 0 bridgehead atoms. The highest BCUT2D eigenvalue weighted by Gasteiger charge is 2.18. The first kappa shape index (κ1) is 14.3. The molecule has 0 saturated carbocycles. The van der Waals surface area contributed by atoms with Crippen LogP contribution < -0.4 is 5.32 Å². The van der Waals surface area contributed by atoms with E-state index in [0.29, 0.717) is 6.04 Å². The molecule has 4 heteroatoms. The minimum Gasteiger partial charge on any atom is -0.336 e. The summed E-state index contributed by atoms with van der Waals surface area (Å²) < 4.78 is 2.12. The standard InChI is InChI=1S/C17H24N4/c1-2-4-16(5-3-1)14-20-10-6-17(7-11-20)19-9-13-21-12-8-18-15-21/h1-5,8,12,15,17,19H,6-7,9-11,13-14H2. The van der Waals surface area contributed by atoms with Crippen molar-refractivity contribution >= 4 is 0 Å². The number of hydrogen-bond acceptors (Lipinski definition) is 3. The highest BCUT2D eigenvalue weighted by atomic mass is 15.1. The summed E-state index contributed by atoms with van der Waals surface area (Å²) in [5.74, 6) is 0. The van der Waals surface area contributed by atoms with Crippen molar-refractivity contribution in [2.24, 2.45) is 0 Å². The normalized spacial score (nSPS) is 17.1. The number of likely N-dealkylation sites (tertiary alicyclic amines) is 1. The van der Waals surface area contributed by atoms with E-state index in [4.69, 9.17) is 0 Å². The van der Waals surface area contributed by atoms with E-state index in [9.17, 15) is 0 Å². The number of nitrogens with zero attached hydrogens (tertiary/aromatic N) is 3. The Labute approximate surface area is 126 Å². The van der Waals surface area contributed by atoms with Crippen LogP contribution in [0.3, 0.4) is 0 Å². The van der Waals surface area contributed by atoms with Crippen molar-refractivity contribution in [2.75, 3.05) is 19.6 Å². The monoisotopic (exact) mass is 284 g/mol. The van der Waals surface area contributed by atoms with Gasteiger partial charge in [-0.25, -0.2) is 4.98 Å². The Bertz CT molecular complexity index is 501. The van der Waals surface area contributed by atoms with E-state index >= 15 is 0 Å². The van der Waals surface area contributed by atoms with Crippen molar-refractivity contribution in [1.29, 1.82) is 0 Å². The molecule has 1 aromatic heterocycles. The summed E-state index contributed by atoms with van der Waals surface area (Å²) in [6.45, 7) is 5.50. The third kappa shape index (κ3) is 4.41. The quantitative estimate of drug-likeness (QED) is 0.882. The van der Waals surface area contributed by atoms with E-state index in [-0.39, 0.29) is 0 Å². The minimum atomic E-state index is 0.667. The Balaban J connectivity index is 1.35. The van der Waals surface area contributed by atoms with Gasteiger partial charge in [0.1, 0.15) is 0 Å². The van der Waals surface area contributed by atoms with Gasteiger partial charge in [0.15, 0.2) is 0 Å². The molecule has 0 radical (unpaired) electrons. The van der Waals surface area contributed by atoms with Crippen LogP contribution in [-0.4, -0.2) is 40.1 Å². The van der Waals surface area contributed by atoms with Gasteiger partial charge in [-0.1, -0.05) is 30.3 Å². The van der Waals surface area contributed by atoms with Crippen LogP contribution in [0.4, 0.5) is 0 Å². The van der Waals surface area contributed by atoms with Crippen LogP contribution in [0.2, 0.25) is 0 Å². The summed E-state index contributed by atoms with van der Waals surface area (Å²) >= 11 is 0. The van der Waals surface area contributed by atoms with Crippen LogP contribution in [-0.2, 0) is 13.1 Å². The number of rotatable bonds is 6. The van der Waals surface area contributed by atoms with Gasteiger partial charge < -0.3 is 9.88 Å². The maximum Gasteiger partial charge on any atom is 0.0946 e. The van der Waals surface area contributed by atoms with Gasteiger partial charge in [-0.2, -0.15) is 0 Å². The average molecular weight is 284 g/mol. The molecule has 4 nitrogen and oxygen atoms in total. The van der Waals surface area contributed by atoms with Gasteiger partial charge in [0.05, 0.1) is 6.33 Å². The number of benzene rings is 1. The van der Waals surface area contributed by atoms with Gasteiger partial charge in [0, 0.05) is 38.1 Å². The molecule has 1 saturated heterocycles. The molecule has 0 atom stereocenters. The summed E-state index contributed by atoms with van der Waals surface area (Å²) in [6, 6.07) is 11.4. The van der Waals surface area contributed by atoms with Gasteiger partial charge in [-0.15, -0.1) is 0 Å². The van der Waals surface area contributed by atoms with E-state index in [1.807, 2.05) is 18.7 Å². The molecule has 0 aliphatic carbocycles. The van der Waals surface area contributed by atoms with Gasteiger partial charge in [0.25, 0.3) is 0 Å². The Morgan fingerprint density at radius 1 is 1.14 bits per heavy atom. The predicted molar refractivity (Wildman–Crippen MR) is 85.0 cm³/mol. The summed E-state index contributed by atoms with van der Waals surface area (Å²) in [5.41, 5.74) is 1.42. The average Bonchev–Trinajstić information content (AvgIpc) is 3.03. The topological polar surface area (TPSA) is 33.1 Å². The van der Waals surface area contributed by atoms with E-state index in [1.165, 1.54) is 31.5 Å². The summed E-state index contributed by atoms with van der Waals surface area (Å²) in [5, 5.41) is 3.67. The molecule has 3 rings (SSSR count). The second-order valence-electron chi connectivity index (χ2n) is 5.79. The summed E-state index contributed by atoms with van der Waals surface area (Å²) in [4.78, 5) is 6.62. The number of imidazole rings is 1.